The van der Waals surface area contributed by atoms with E-state index < -0.39 is 0 Å². The molecule has 2 heterocycles. The second kappa shape index (κ2) is 9.52. The van der Waals surface area contributed by atoms with Crippen molar-refractivity contribution in [2.45, 2.75) is 6.42 Å². The molecule has 0 bridgehead atoms. The fourth-order valence-electron chi connectivity index (χ4n) is 1.83. The molecule has 0 radical (unpaired) electrons. The first kappa shape index (κ1) is 18.6. The van der Waals surface area contributed by atoms with Gasteiger partial charge in [-0.25, -0.2) is 0 Å². The van der Waals surface area contributed by atoms with Crippen LogP contribution in [0.25, 0.3) is 0 Å². The van der Waals surface area contributed by atoms with Crippen LogP contribution in [0.5, 0.6) is 0 Å². The molecule has 1 atom stereocenters. The van der Waals surface area contributed by atoms with Gasteiger partial charge in [-0.15, -0.1) is 24.8 Å². The number of pyridine rings is 1. The number of carbonyl (C=O) groups is 2. The van der Waals surface area contributed by atoms with Crippen molar-refractivity contribution in [3.63, 3.8) is 0 Å². The van der Waals surface area contributed by atoms with Crippen LogP contribution in [0.1, 0.15) is 6.42 Å². The number of nitrogens with one attached hydrogen (secondary N) is 3. The highest BCUT2D eigenvalue weighted by molar-refractivity contribution is 5.94. The van der Waals surface area contributed by atoms with E-state index in [4.69, 9.17) is 0 Å². The van der Waals surface area contributed by atoms with Crippen LogP contribution in [0.4, 0.5) is 5.69 Å². The first-order valence-corrected chi connectivity index (χ1v) is 5.94. The topological polar surface area (TPSA) is 83.1 Å². The van der Waals surface area contributed by atoms with Crippen molar-refractivity contribution in [2.24, 2.45) is 5.92 Å². The summed E-state index contributed by atoms with van der Waals surface area (Å²) < 4.78 is 0. The maximum atomic E-state index is 11.7. The van der Waals surface area contributed by atoms with E-state index in [1.165, 1.54) is 0 Å². The van der Waals surface area contributed by atoms with Gasteiger partial charge < -0.3 is 16.0 Å². The van der Waals surface area contributed by atoms with Gasteiger partial charge in [-0.2, -0.15) is 0 Å². The Kier molecular flexibility index (Phi) is 8.87. The third kappa shape index (κ3) is 5.73. The predicted molar refractivity (Wildman–Crippen MR) is 81.3 cm³/mol. The van der Waals surface area contributed by atoms with Crippen LogP contribution < -0.4 is 16.0 Å². The first-order chi connectivity index (χ1) is 8.75. The van der Waals surface area contributed by atoms with Gasteiger partial charge in [0.25, 0.3) is 0 Å². The zero-order valence-corrected chi connectivity index (χ0v) is 12.4. The molecule has 1 fully saturated rings. The SMILES string of the molecule is Cl.Cl.O=C(CNC(=O)C1CCNC1)Nc1cccnc1. The summed E-state index contributed by atoms with van der Waals surface area (Å²) in [5, 5.41) is 8.40. The summed E-state index contributed by atoms with van der Waals surface area (Å²) in [6.07, 6.45) is 4.02. The molecule has 2 rings (SSSR count). The summed E-state index contributed by atoms with van der Waals surface area (Å²) >= 11 is 0. The number of halogens is 2. The summed E-state index contributed by atoms with van der Waals surface area (Å²) in [4.78, 5) is 27.1. The molecule has 20 heavy (non-hydrogen) atoms. The minimum absolute atomic E-state index is 0. The maximum Gasteiger partial charge on any atom is 0.243 e. The molecule has 112 valence electrons. The number of carbonyl (C=O) groups excluding carboxylic acids is 2. The summed E-state index contributed by atoms with van der Waals surface area (Å²) in [7, 11) is 0. The Balaban J connectivity index is 0.00000180. The van der Waals surface area contributed by atoms with Gasteiger partial charge >= 0.3 is 0 Å². The first-order valence-electron chi connectivity index (χ1n) is 5.94. The number of hydrogen-bond donors (Lipinski definition) is 3. The van der Waals surface area contributed by atoms with E-state index in [9.17, 15) is 9.59 Å². The quantitative estimate of drug-likeness (QED) is 0.758. The molecule has 3 N–H and O–H groups in total. The third-order valence-electron chi connectivity index (χ3n) is 2.80. The van der Waals surface area contributed by atoms with Crippen LogP contribution in [0, 0.1) is 5.92 Å². The van der Waals surface area contributed by atoms with E-state index in [-0.39, 0.29) is 49.1 Å². The zero-order chi connectivity index (χ0) is 12.8. The summed E-state index contributed by atoms with van der Waals surface area (Å²) in [5.74, 6) is -0.333. The van der Waals surface area contributed by atoms with Crippen LogP contribution in [0.2, 0.25) is 0 Å². The fraction of sp³-hybridized carbons (Fsp3) is 0.417. The van der Waals surface area contributed by atoms with Crippen LogP contribution in [0.3, 0.4) is 0 Å². The van der Waals surface area contributed by atoms with Gasteiger partial charge in [0, 0.05) is 12.7 Å². The van der Waals surface area contributed by atoms with Gasteiger partial charge in [0.1, 0.15) is 0 Å². The Morgan fingerprint density at radius 3 is 2.80 bits per heavy atom. The number of aromatic nitrogens is 1. The molecule has 1 aliphatic rings. The lowest BCUT2D eigenvalue weighted by Crippen LogP contribution is -2.37. The Hall–Kier alpha value is -1.37. The van der Waals surface area contributed by atoms with Crippen molar-refractivity contribution in [1.82, 2.24) is 15.6 Å². The van der Waals surface area contributed by atoms with Crippen molar-refractivity contribution >= 4 is 42.3 Å². The maximum absolute atomic E-state index is 11.7. The molecular weight excluding hydrogens is 303 g/mol. The van der Waals surface area contributed by atoms with E-state index in [1.54, 1.807) is 24.5 Å². The number of hydrogen-bond acceptors (Lipinski definition) is 4. The fourth-order valence-corrected chi connectivity index (χ4v) is 1.83. The lowest BCUT2D eigenvalue weighted by Gasteiger charge is -2.09. The van der Waals surface area contributed by atoms with E-state index in [1.807, 2.05) is 0 Å². The molecule has 1 aromatic rings. The monoisotopic (exact) mass is 320 g/mol. The van der Waals surface area contributed by atoms with Gasteiger partial charge in [0.15, 0.2) is 0 Å². The highest BCUT2D eigenvalue weighted by atomic mass is 35.5. The number of rotatable bonds is 4. The molecule has 1 unspecified atom stereocenters. The van der Waals surface area contributed by atoms with Gasteiger partial charge in [0.2, 0.25) is 11.8 Å². The van der Waals surface area contributed by atoms with Crippen LogP contribution >= 0.6 is 24.8 Å². The largest absolute Gasteiger partial charge is 0.347 e. The zero-order valence-electron chi connectivity index (χ0n) is 10.8. The van der Waals surface area contributed by atoms with Crippen LogP contribution in [-0.2, 0) is 9.59 Å². The highest BCUT2D eigenvalue weighted by Crippen LogP contribution is 2.06. The normalized spacial score (nSPS) is 16.5. The lowest BCUT2D eigenvalue weighted by molar-refractivity contribution is -0.126. The molecule has 1 saturated heterocycles. The minimum Gasteiger partial charge on any atom is -0.347 e. The van der Waals surface area contributed by atoms with Crippen molar-refractivity contribution in [2.75, 3.05) is 25.0 Å². The molecule has 8 heteroatoms. The van der Waals surface area contributed by atoms with E-state index in [0.29, 0.717) is 12.2 Å². The second-order valence-electron chi connectivity index (χ2n) is 4.20. The molecule has 2 amide bonds. The Bertz CT molecular complexity index is 425. The van der Waals surface area contributed by atoms with Crippen LogP contribution in [-0.4, -0.2) is 36.4 Å². The number of nitrogens with zero attached hydrogens (tertiary/aromatic N) is 1. The number of anilines is 1. The lowest BCUT2D eigenvalue weighted by atomic mass is 10.1. The average Bonchev–Trinajstić information content (AvgIpc) is 2.91. The average molecular weight is 321 g/mol. The summed E-state index contributed by atoms with van der Waals surface area (Å²) in [6.45, 7) is 1.54. The molecular formula is C12H18Cl2N4O2. The van der Waals surface area contributed by atoms with Crippen molar-refractivity contribution in [3.8, 4) is 0 Å². The van der Waals surface area contributed by atoms with Gasteiger partial charge in [-0.1, -0.05) is 0 Å². The molecule has 0 saturated carbocycles. The number of amides is 2. The van der Waals surface area contributed by atoms with Crippen molar-refractivity contribution in [1.29, 1.82) is 0 Å². The minimum atomic E-state index is -0.248. The summed E-state index contributed by atoms with van der Waals surface area (Å²) in [5.41, 5.74) is 0.624. The second-order valence-corrected chi connectivity index (χ2v) is 4.20. The van der Waals surface area contributed by atoms with Gasteiger partial charge in [-0.05, 0) is 25.1 Å². The molecule has 1 aromatic heterocycles. The van der Waals surface area contributed by atoms with Gasteiger partial charge in [-0.3, -0.25) is 14.6 Å². The molecule has 6 nitrogen and oxygen atoms in total. The van der Waals surface area contributed by atoms with E-state index in [0.717, 1.165) is 13.0 Å². The molecule has 0 aliphatic carbocycles. The Morgan fingerprint density at radius 1 is 1.40 bits per heavy atom. The van der Waals surface area contributed by atoms with Gasteiger partial charge in [0.05, 0.1) is 24.3 Å². The van der Waals surface area contributed by atoms with Crippen molar-refractivity contribution in [3.05, 3.63) is 24.5 Å². The van der Waals surface area contributed by atoms with E-state index >= 15 is 0 Å². The smallest absolute Gasteiger partial charge is 0.243 e. The third-order valence-corrected chi connectivity index (χ3v) is 2.80. The van der Waals surface area contributed by atoms with Crippen LogP contribution in [0.15, 0.2) is 24.5 Å². The molecule has 0 spiro atoms. The van der Waals surface area contributed by atoms with E-state index in [2.05, 4.69) is 20.9 Å². The highest BCUT2D eigenvalue weighted by Gasteiger charge is 2.22. The summed E-state index contributed by atoms with van der Waals surface area (Å²) in [6, 6.07) is 3.48. The molecule has 0 aromatic carbocycles. The van der Waals surface area contributed by atoms with Crippen molar-refractivity contribution < 1.29 is 9.59 Å². The molecule has 1 aliphatic heterocycles. The predicted octanol–water partition coefficient (Wildman–Crippen LogP) is 0.589. The standard InChI is InChI=1S/C12H16N4O2.2ClH/c17-11(16-10-2-1-4-13-7-10)8-15-12(18)9-3-5-14-6-9;;/h1-2,4,7,9,14H,3,5-6,8H2,(H,15,18)(H,16,17);2*1H. The Labute approximate surface area is 129 Å². The Morgan fingerprint density at radius 2 is 2.20 bits per heavy atom.